The zero-order valence-corrected chi connectivity index (χ0v) is 15.4. The Morgan fingerprint density at radius 2 is 2.00 bits per heavy atom. The Morgan fingerprint density at radius 3 is 2.72 bits per heavy atom. The summed E-state index contributed by atoms with van der Waals surface area (Å²) in [5.41, 5.74) is 0. The number of aromatic nitrogens is 2. The fourth-order valence-electron chi connectivity index (χ4n) is 3.73. The third-order valence-corrected chi connectivity index (χ3v) is 5.37. The maximum absolute atomic E-state index is 12.9. The van der Waals surface area contributed by atoms with Gasteiger partial charge in [0.15, 0.2) is 0 Å². The number of piperidine rings is 1. The molecule has 1 aromatic rings. The van der Waals surface area contributed by atoms with Crippen LogP contribution >= 0.6 is 0 Å². The average molecular weight is 347 g/mol. The van der Waals surface area contributed by atoms with Crippen molar-refractivity contribution in [3.63, 3.8) is 0 Å². The predicted molar refractivity (Wildman–Crippen MR) is 94.7 cm³/mol. The molecule has 138 valence electrons. The van der Waals surface area contributed by atoms with E-state index in [0.29, 0.717) is 13.0 Å². The molecule has 3 rings (SSSR count). The van der Waals surface area contributed by atoms with Gasteiger partial charge in [0, 0.05) is 58.6 Å². The van der Waals surface area contributed by atoms with Crippen molar-refractivity contribution in [3.8, 4) is 0 Å². The first-order chi connectivity index (χ1) is 12.1. The Morgan fingerprint density at radius 1 is 1.16 bits per heavy atom. The second-order valence-corrected chi connectivity index (χ2v) is 7.13. The first kappa shape index (κ1) is 17.9. The topological polar surface area (TPSA) is 61.7 Å². The van der Waals surface area contributed by atoms with E-state index >= 15 is 0 Å². The monoisotopic (exact) mass is 347 g/mol. The number of amides is 2. The molecule has 0 N–H and O–H groups in total. The first-order valence-electron chi connectivity index (χ1n) is 9.33. The first-order valence-corrected chi connectivity index (χ1v) is 9.33. The Kier molecular flexibility index (Phi) is 5.73. The molecule has 0 radical (unpaired) electrons. The summed E-state index contributed by atoms with van der Waals surface area (Å²) in [4.78, 5) is 35.4. The number of rotatable bonds is 4. The van der Waals surface area contributed by atoms with E-state index in [2.05, 4.69) is 9.88 Å². The van der Waals surface area contributed by atoms with Gasteiger partial charge in [-0.25, -0.2) is 4.98 Å². The number of hydrogen-bond acceptors (Lipinski definition) is 4. The summed E-state index contributed by atoms with van der Waals surface area (Å²) < 4.78 is 2.04. The van der Waals surface area contributed by atoms with Crippen molar-refractivity contribution in [2.45, 2.75) is 45.2 Å². The Labute approximate surface area is 149 Å². The van der Waals surface area contributed by atoms with E-state index < -0.39 is 0 Å². The lowest BCUT2D eigenvalue weighted by atomic mass is 10.1. The number of hydrogen-bond donors (Lipinski definition) is 0. The van der Waals surface area contributed by atoms with Crippen LogP contribution in [0.3, 0.4) is 0 Å². The van der Waals surface area contributed by atoms with Gasteiger partial charge in [-0.05, 0) is 26.2 Å². The minimum atomic E-state index is -0.339. The molecule has 3 heterocycles. The van der Waals surface area contributed by atoms with Crippen molar-refractivity contribution in [1.29, 1.82) is 0 Å². The molecule has 2 aliphatic rings. The molecule has 1 atom stereocenters. The molecule has 0 unspecified atom stereocenters. The lowest BCUT2D eigenvalue weighted by Gasteiger charge is -2.34. The minimum absolute atomic E-state index is 0.0918. The summed E-state index contributed by atoms with van der Waals surface area (Å²) >= 11 is 0. The van der Waals surface area contributed by atoms with E-state index in [4.69, 9.17) is 0 Å². The number of imidazole rings is 1. The van der Waals surface area contributed by atoms with E-state index in [1.165, 1.54) is 0 Å². The smallest absolute Gasteiger partial charge is 0.245 e. The average Bonchev–Trinajstić information content (AvgIpc) is 2.87. The molecular weight excluding hydrogens is 318 g/mol. The van der Waals surface area contributed by atoms with Crippen molar-refractivity contribution >= 4 is 11.8 Å². The summed E-state index contributed by atoms with van der Waals surface area (Å²) in [7, 11) is 2.01. The quantitative estimate of drug-likeness (QED) is 0.810. The predicted octanol–water partition coefficient (Wildman–Crippen LogP) is 0.855. The standard InChI is InChI=1S/C18H29N5O2/c1-15(23-10-4-3-6-17(23)24)18(25)22-9-5-8-21(12-13-22)14-16-19-7-11-20(16)2/h7,11,15H,3-6,8-10,12-14H2,1-2H3/t15-/m0/s1. The second-order valence-electron chi connectivity index (χ2n) is 7.13. The van der Waals surface area contributed by atoms with Crippen LogP contribution < -0.4 is 0 Å². The van der Waals surface area contributed by atoms with Crippen LogP contribution in [-0.2, 0) is 23.2 Å². The van der Waals surface area contributed by atoms with Gasteiger partial charge in [0.2, 0.25) is 11.8 Å². The fraction of sp³-hybridized carbons (Fsp3) is 0.722. The van der Waals surface area contributed by atoms with Crippen LogP contribution in [0, 0.1) is 0 Å². The Bertz CT molecular complexity index is 614. The minimum Gasteiger partial charge on any atom is -0.340 e. The van der Waals surface area contributed by atoms with Gasteiger partial charge in [0.1, 0.15) is 11.9 Å². The van der Waals surface area contributed by atoms with Crippen LogP contribution in [0.5, 0.6) is 0 Å². The molecule has 2 saturated heterocycles. The van der Waals surface area contributed by atoms with Gasteiger partial charge in [0.25, 0.3) is 0 Å². The molecule has 25 heavy (non-hydrogen) atoms. The summed E-state index contributed by atoms with van der Waals surface area (Å²) in [6.07, 6.45) is 7.26. The lowest BCUT2D eigenvalue weighted by molar-refractivity contribution is -0.146. The van der Waals surface area contributed by atoms with Gasteiger partial charge in [0.05, 0.1) is 6.54 Å². The van der Waals surface area contributed by atoms with Crippen LogP contribution in [0.2, 0.25) is 0 Å². The normalized spacial score (nSPS) is 21.3. The summed E-state index contributed by atoms with van der Waals surface area (Å²) in [6.45, 7) is 6.70. The van der Waals surface area contributed by atoms with Crippen LogP contribution in [0.4, 0.5) is 0 Å². The third kappa shape index (κ3) is 4.21. The second kappa shape index (κ2) is 7.99. The zero-order chi connectivity index (χ0) is 17.8. The Hall–Kier alpha value is -1.89. The highest BCUT2D eigenvalue weighted by atomic mass is 16.2. The van der Waals surface area contributed by atoms with E-state index in [-0.39, 0.29) is 17.9 Å². The number of aryl methyl sites for hydroxylation is 1. The van der Waals surface area contributed by atoms with Gasteiger partial charge in [-0.1, -0.05) is 0 Å². The number of carbonyl (C=O) groups excluding carboxylic acids is 2. The maximum Gasteiger partial charge on any atom is 0.245 e. The van der Waals surface area contributed by atoms with Crippen LogP contribution in [0.15, 0.2) is 12.4 Å². The number of likely N-dealkylation sites (tertiary alicyclic amines) is 1. The van der Waals surface area contributed by atoms with E-state index in [1.807, 2.05) is 35.8 Å². The molecule has 0 bridgehead atoms. The highest BCUT2D eigenvalue weighted by molar-refractivity contribution is 5.87. The SMILES string of the molecule is C[C@@H](C(=O)N1CCCN(Cc2nccn2C)CC1)N1CCCCC1=O. The summed E-state index contributed by atoms with van der Waals surface area (Å²) in [5, 5.41) is 0. The molecule has 7 heteroatoms. The zero-order valence-electron chi connectivity index (χ0n) is 15.4. The van der Waals surface area contributed by atoms with Gasteiger partial charge >= 0.3 is 0 Å². The van der Waals surface area contributed by atoms with Gasteiger partial charge in [-0.15, -0.1) is 0 Å². The largest absolute Gasteiger partial charge is 0.340 e. The molecule has 1 aromatic heterocycles. The molecule has 0 aromatic carbocycles. The molecule has 2 amide bonds. The van der Waals surface area contributed by atoms with Crippen molar-refractivity contribution < 1.29 is 9.59 Å². The maximum atomic E-state index is 12.9. The van der Waals surface area contributed by atoms with E-state index in [9.17, 15) is 9.59 Å². The molecule has 7 nitrogen and oxygen atoms in total. The number of carbonyl (C=O) groups is 2. The molecular formula is C18H29N5O2. The summed E-state index contributed by atoms with van der Waals surface area (Å²) in [5.74, 6) is 1.26. The van der Waals surface area contributed by atoms with Crippen LogP contribution in [-0.4, -0.2) is 74.8 Å². The van der Waals surface area contributed by atoms with Gasteiger partial charge in [-0.3, -0.25) is 14.5 Å². The van der Waals surface area contributed by atoms with Gasteiger partial charge in [-0.2, -0.15) is 0 Å². The molecule has 0 aliphatic carbocycles. The number of nitrogens with zero attached hydrogens (tertiary/aromatic N) is 5. The van der Waals surface area contributed by atoms with Crippen LogP contribution in [0.1, 0.15) is 38.4 Å². The highest BCUT2D eigenvalue weighted by Crippen LogP contribution is 2.16. The Balaban J connectivity index is 1.55. The highest BCUT2D eigenvalue weighted by Gasteiger charge is 2.31. The third-order valence-electron chi connectivity index (χ3n) is 5.37. The van der Waals surface area contributed by atoms with Crippen LogP contribution in [0.25, 0.3) is 0 Å². The van der Waals surface area contributed by atoms with Gasteiger partial charge < -0.3 is 14.4 Å². The van der Waals surface area contributed by atoms with E-state index in [0.717, 1.165) is 57.8 Å². The van der Waals surface area contributed by atoms with Crippen molar-refractivity contribution in [1.82, 2.24) is 24.3 Å². The lowest BCUT2D eigenvalue weighted by Crippen LogP contribution is -2.51. The van der Waals surface area contributed by atoms with Crippen molar-refractivity contribution in [2.75, 3.05) is 32.7 Å². The van der Waals surface area contributed by atoms with Crippen molar-refractivity contribution in [3.05, 3.63) is 18.2 Å². The fourth-order valence-corrected chi connectivity index (χ4v) is 3.73. The molecule has 2 aliphatic heterocycles. The molecule has 0 saturated carbocycles. The van der Waals surface area contributed by atoms with Crippen molar-refractivity contribution in [2.24, 2.45) is 7.05 Å². The summed E-state index contributed by atoms with van der Waals surface area (Å²) in [6, 6.07) is -0.339. The molecule has 0 spiro atoms. The molecule has 2 fully saturated rings. The van der Waals surface area contributed by atoms with E-state index in [1.54, 1.807) is 4.90 Å².